The second kappa shape index (κ2) is 6.09. The first-order valence-electron chi connectivity index (χ1n) is 5.85. The molecule has 0 bridgehead atoms. The first kappa shape index (κ1) is 13.9. The lowest BCUT2D eigenvalue weighted by Gasteiger charge is -2.06. The number of benzene rings is 2. The summed E-state index contributed by atoms with van der Waals surface area (Å²) in [5.74, 6) is -0.0813. The molecule has 0 radical (unpaired) electrons. The summed E-state index contributed by atoms with van der Waals surface area (Å²) in [6.07, 6.45) is 0.334. The smallest absolute Gasteiger partial charge is 0.228 e. The molecule has 0 aliphatic rings. The van der Waals surface area contributed by atoms with E-state index in [-0.39, 0.29) is 5.91 Å². The van der Waals surface area contributed by atoms with E-state index < -0.39 is 0 Å². The fourth-order valence-electron chi connectivity index (χ4n) is 1.67. The number of amides is 1. The van der Waals surface area contributed by atoms with E-state index in [1.807, 2.05) is 31.2 Å². The maximum Gasteiger partial charge on any atom is 0.228 e. The Kier molecular flexibility index (Phi) is 4.46. The van der Waals surface area contributed by atoms with Crippen LogP contribution in [0.15, 0.2) is 42.5 Å². The van der Waals surface area contributed by atoms with Gasteiger partial charge in [0.1, 0.15) is 0 Å². The zero-order chi connectivity index (χ0) is 13.8. The van der Waals surface area contributed by atoms with Crippen molar-refractivity contribution in [1.82, 2.24) is 0 Å². The maximum absolute atomic E-state index is 11.9. The molecule has 0 fully saturated rings. The lowest BCUT2D eigenvalue weighted by atomic mass is 10.1. The van der Waals surface area contributed by atoms with Crippen LogP contribution >= 0.6 is 23.2 Å². The lowest BCUT2D eigenvalue weighted by molar-refractivity contribution is -0.115. The Morgan fingerprint density at radius 2 is 1.74 bits per heavy atom. The summed E-state index contributed by atoms with van der Waals surface area (Å²) in [6, 6.07) is 12.9. The van der Waals surface area contributed by atoms with E-state index in [1.54, 1.807) is 18.2 Å². The van der Waals surface area contributed by atoms with Gasteiger partial charge in [0.2, 0.25) is 5.91 Å². The highest BCUT2D eigenvalue weighted by molar-refractivity contribution is 6.42. The minimum absolute atomic E-state index is 0.0813. The van der Waals surface area contributed by atoms with Crippen LogP contribution in [0.25, 0.3) is 0 Å². The second-order valence-corrected chi connectivity index (χ2v) is 5.15. The number of carbonyl (C=O) groups excluding carboxylic acids is 1. The highest BCUT2D eigenvalue weighted by atomic mass is 35.5. The molecule has 1 amide bonds. The van der Waals surface area contributed by atoms with Crippen LogP contribution in [-0.2, 0) is 11.2 Å². The van der Waals surface area contributed by atoms with Crippen molar-refractivity contribution in [2.45, 2.75) is 13.3 Å². The number of halogens is 2. The molecule has 2 rings (SSSR count). The Bertz CT molecular complexity index is 594. The molecule has 0 atom stereocenters. The van der Waals surface area contributed by atoms with Crippen molar-refractivity contribution in [3.05, 3.63) is 63.6 Å². The van der Waals surface area contributed by atoms with Gasteiger partial charge in [0, 0.05) is 5.69 Å². The molecule has 0 aliphatic carbocycles. The van der Waals surface area contributed by atoms with Crippen LogP contribution in [0.4, 0.5) is 5.69 Å². The topological polar surface area (TPSA) is 29.1 Å². The van der Waals surface area contributed by atoms with Gasteiger partial charge in [0.15, 0.2) is 0 Å². The predicted octanol–water partition coefficient (Wildman–Crippen LogP) is 4.48. The summed E-state index contributed by atoms with van der Waals surface area (Å²) in [5.41, 5.74) is 2.79. The quantitative estimate of drug-likeness (QED) is 0.888. The van der Waals surface area contributed by atoms with Crippen LogP contribution in [-0.4, -0.2) is 5.91 Å². The normalized spacial score (nSPS) is 10.3. The van der Waals surface area contributed by atoms with Crippen LogP contribution in [0.5, 0.6) is 0 Å². The minimum atomic E-state index is -0.0813. The third-order valence-corrected chi connectivity index (χ3v) is 3.43. The van der Waals surface area contributed by atoms with Crippen molar-refractivity contribution in [2.24, 2.45) is 0 Å². The first-order chi connectivity index (χ1) is 9.04. The van der Waals surface area contributed by atoms with E-state index in [0.717, 1.165) is 5.56 Å². The lowest BCUT2D eigenvalue weighted by Crippen LogP contribution is -2.14. The average molecular weight is 294 g/mol. The van der Waals surface area contributed by atoms with Crippen molar-refractivity contribution in [2.75, 3.05) is 5.32 Å². The largest absolute Gasteiger partial charge is 0.326 e. The molecule has 0 unspecified atom stereocenters. The van der Waals surface area contributed by atoms with Crippen LogP contribution in [0.3, 0.4) is 0 Å². The first-order valence-corrected chi connectivity index (χ1v) is 6.60. The van der Waals surface area contributed by atoms with Gasteiger partial charge in [0.25, 0.3) is 0 Å². The maximum atomic E-state index is 11.9. The molecule has 4 heteroatoms. The standard InChI is InChI=1S/C15H13Cl2NO/c1-10-2-4-11(5-3-10)8-15(19)18-12-6-7-13(16)14(17)9-12/h2-7,9H,8H2,1H3,(H,18,19). The number of carbonyl (C=O) groups is 1. The van der Waals surface area contributed by atoms with E-state index in [0.29, 0.717) is 22.2 Å². The third kappa shape index (κ3) is 3.98. The Balaban J connectivity index is 2.01. The molecule has 0 saturated heterocycles. The number of anilines is 1. The Labute approximate surface area is 122 Å². The molecule has 0 saturated carbocycles. The number of hydrogen-bond donors (Lipinski definition) is 1. The van der Waals surface area contributed by atoms with Gasteiger partial charge in [-0.2, -0.15) is 0 Å². The molecule has 0 aliphatic heterocycles. The van der Waals surface area contributed by atoms with Gasteiger partial charge in [-0.15, -0.1) is 0 Å². The molecule has 0 spiro atoms. The molecule has 19 heavy (non-hydrogen) atoms. The second-order valence-electron chi connectivity index (χ2n) is 4.34. The van der Waals surface area contributed by atoms with Gasteiger partial charge in [-0.25, -0.2) is 0 Å². The van der Waals surface area contributed by atoms with Gasteiger partial charge >= 0.3 is 0 Å². The summed E-state index contributed by atoms with van der Waals surface area (Å²) in [7, 11) is 0. The van der Waals surface area contributed by atoms with Gasteiger partial charge in [-0.1, -0.05) is 53.0 Å². The Morgan fingerprint density at radius 1 is 1.05 bits per heavy atom. The fourth-order valence-corrected chi connectivity index (χ4v) is 1.97. The monoisotopic (exact) mass is 293 g/mol. The Morgan fingerprint density at radius 3 is 2.37 bits per heavy atom. The predicted molar refractivity (Wildman–Crippen MR) is 80.0 cm³/mol. The number of hydrogen-bond acceptors (Lipinski definition) is 1. The zero-order valence-corrected chi connectivity index (χ0v) is 11.9. The van der Waals surface area contributed by atoms with Gasteiger partial charge < -0.3 is 5.32 Å². The summed E-state index contributed by atoms with van der Waals surface area (Å²) in [6.45, 7) is 2.01. The van der Waals surface area contributed by atoms with E-state index in [1.165, 1.54) is 5.56 Å². The SMILES string of the molecule is Cc1ccc(CC(=O)Nc2ccc(Cl)c(Cl)c2)cc1. The molecule has 98 valence electrons. The number of rotatable bonds is 3. The molecule has 2 nitrogen and oxygen atoms in total. The summed E-state index contributed by atoms with van der Waals surface area (Å²) in [5, 5.41) is 3.69. The van der Waals surface area contributed by atoms with Gasteiger partial charge in [0.05, 0.1) is 16.5 Å². The number of aryl methyl sites for hydroxylation is 1. The van der Waals surface area contributed by atoms with E-state index >= 15 is 0 Å². The van der Waals surface area contributed by atoms with Crippen LogP contribution in [0.1, 0.15) is 11.1 Å². The van der Waals surface area contributed by atoms with Gasteiger partial charge in [-0.05, 0) is 30.7 Å². The molecular weight excluding hydrogens is 281 g/mol. The van der Waals surface area contributed by atoms with Crippen molar-refractivity contribution < 1.29 is 4.79 Å². The molecular formula is C15H13Cl2NO. The van der Waals surface area contributed by atoms with Crippen molar-refractivity contribution in [1.29, 1.82) is 0 Å². The highest BCUT2D eigenvalue weighted by Gasteiger charge is 2.05. The van der Waals surface area contributed by atoms with Crippen molar-refractivity contribution in [3.63, 3.8) is 0 Å². The minimum Gasteiger partial charge on any atom is -0.326 e. The molecule has 2 aromatic rings. The van der Waals surface area contributed by atoms with E-state index in [9.17, 15) is 4.79 Å². The summed E-state index contributed by atoms with van der Waals surface area (Å²) in [4.78, 5) is 11.9. The molecule has 2 aromatic carbocycles. The molecule has 1 N–H and O–H groups in total. The van der Waals surface area contributed by atoms with Gasteiger partial charge in [-0.3, -0.25) is 4.79 Å². The van der Waals surface area contributed by atoms with Crippen LogP contribution in [0.2, 0.25) is 10.0 Å². The van der Waals surface area contributed by atoms with Crippen molar-refractivity contribution in [3.8, 4) is 0 Å². The van der Waals surface area contributed by atoms with Crippen LogP contribution in [0, 0.1) is 6.92 Å². The summed E-state index contributed by atoms with van der Waals surface area (Å²) >= 11 is 11.7. The van der Waals surface area contributed by atoms with E-state index in [2.05, 4.69) is 5.32 Å². The molecule has 0 heterocycles. The summed E-state index contributed by atoms with van der Waals surface area (Å²) < 4.78 is 0. The number of nitrogens with one attached hydrogen (secondary N) is 1. The molecule has 0 aromatic heterocycles. The third-order valence-electron chi connectivity index (χ3n) is 2.69. The Hall–Kier alpha value is -1.51. The highest BCUT2D eigenvalue weighted by Crippen LogP contribution is 2.25. The van der Waals surface area contributed by atoms with Crippen LogP contribution < -0.4 is 5.32 Å². The zero-order valence-electron chi connectivity index (χ0n) is 10.4. The van der Waals surface area contributed by atoms with E-state index in [4.69, 9.17) is 23.2 Å². The average Bonchev–Trinajstić information content (AvgIpc) is 2.37. The van der Waals surface area contributed by atoms with Crippen molar-refractivity contribution >= 4 is 34.8 Å². The fraction of sp³-hybridized carbons (Fsp3) is 0.133.